The van der Waals surface area contributed by atoms with Crippen LogP contribution < -0.4 is 0 Å². The summed E-state index contributed by atoms with van der Waals surface area (Å²) < 4.78 is 5.30. The zero-order valence-electron chi connectivity index (χ0n) is 7.81. The lowest BCUT2D eigenvalue weighted by Gasteiger charge is -2.30. The van der Waals surface area contributed by atoms with Crippen LogP contribution in [-0.2, 0) is 4.74 Å². The molecule has 0 aromatic carbocycles. The summed E-state index contributed by atoms with van der Waals surface area (Å²) in [4.78, 5) is 2.54. The first-order valence-corrected chi connectivity index (χ1v) is 4.67. The molecule has 0 N–H and O–H groups in total. The molecule has 68 valence electrons. The molecule has 0 radical (unpaired) electrons. The van der Waals surface area contributed by atoms with E-state index in [0.717, 1.165) is 19.6 Å². The summed E-state index contributed by atoms with van der Waals surface area (Å²) in [7, 11) is 1.80. The van der Waals surface area contributed by atoms with E-state index in [9.17, 15) is 0 Å². The van der Waals surface area contributed by atoms with Gasteiger partial charge in [0.05, 0.1) is 6.61 Å². The van der Waals surface area contributed by atoms with Crippen LogP contribution in [0.1, 0.15) is 19.3 Å². The number of methoxy groups -OCH3 is 1. The molecule has 0 unspecified atom stereocenters. The van der Waals surface area contributed by atoms with Crippen LogP contribution in [0.15, 0.2) is 12.2 Å². The van der Waals surface area contributed by atoms with Gasteiger partial charge in [-0.25, -0.2) is 0 Å². The Morgan fingerprint density at radius 1 is 1.67 bits per heavy atom. The van der Waals surface area contributed by atoms with Crippen molar-refractivity contribution in [2.45, 2.75) is 24.8 Å². The molecule has 0 spiro atoms. The first kappa shape index (κ1) is 8.27. The third-order valence-corrected chi connectivity index (χ3v) is 3.15. The Morgan fingerprint density at radius 3 is 3.25 bits per heavy atom. The van der Waals surface area contributed by atoms with Crippen LogP contribution in [0.3, 0.4) is 0 Å². The predicted molar refractivity (Wildman–Crippen MR) is 49.2 cm³/mol. The lowest BCUT2D eigenvalue weighted by atomic mass is 9.94. The fraction of sp³-hybridized carbons (Fsp3) is 0.800. The number of hydrogen-bond acceptors (Lipinski definition) is 2. The highest BCUT2D eigenvalue weighted by Crippen LogP contribution is 2.40. The summed E-state index contributed by atoms with van der Waals surface area (Å²) in [6, 6.07) is 0. The average molecular weight is 167 g/mol. The molecule has 2 heteroatoms. The van der Waals surface area contributed by atoms with E-state index < -0.39 is 0 Å². The van der Waals surface area contributed by atoms with Gasteiger partial charge in [-0.05, 0) is 25.8 Å². The second-order valence-corrected chi connectivity index (χ2v) is 4.11. The molecule has 2 nitrogen and oxygen atoms in total. The molecule has 2 rings (SSSR count). The SMILES string of the molecule is C=C1CN2CCC[C@@]2(COC)C1. The summed E-state index contributed by atoms with van der Waals surface area (Å²) in [5.41, 5.74) is 1.72. The van der Waals surface area contributed by atoms with E-state index in [1.54, 1.807) is 7.11 Å². The van der Waals surface area contributed by atoms with Crippen LogP contribution in [0.2, 0.25) is 0 Å². The van der Waals surface area contributed by atoms with Gasteiger partial charge < -0.3 is 4.74 Å². The zero-order chi connectivity index (χ0) is 8.60. The van der Waals surface area contributed by atoms with Crippen LogP contribution in [0.4, 0.5) is 0 Å². The molecule has 0 aromatic rings. The fourth-order valence-electron chi connectivity index (χ4n) is 2.72. The smallest absolute Gasteiger partial charge is 0.0649 e. The van der Waals surface area contributed by atoms with Gasteiger partial charge in [-0.2, -0.15) is 0 Å². The monoisotopic (exact) mass is 167 g/mol. The van der Waals surface area contributed by atoms with E-state index in [1.165, 1.54) is 25.0 Å². The van der Waals surface area contributed by atoms with Crippen molar-refractivity contribution < 1.29 is 4.74 Å². The highest BCUT2D eigenvalue weighted by atomic mass is 16.5. The van der Waals surface area contributed by atoms with E-state index in [1.807, 2.05) is 0 Å². The standard InChI is InChI=1S/C10H17NO/c1-9-6-10(8-12-2)4-3-5-11(10)7-9/h1,3-8H2,2H3/t10-/m0/s1. The van der Waals surface area contributed by atoms with E-state index >= 15 is 0 Å². The Morgan fingerprint density at radius 2 is 2.50 bits per heavy atom. The topological polar surface area (TPSA) is 12.5 Å². The fourth-order valence-corrected chi connectivity index (χ4v) is 2.72. The largest absolute Gasteiger partial charge is 0.383 e. The number of ether oxygens (including phenoxy) is 1. The summed E-state index contributed by atoms with van der Waals surface area (Å²) in [5, 5.41) is 0. The van der Waals surface area contributed by atoms with Crippen LogP contribution in [0.25, 0.3) is 0 Å². The number of fused-ring (bicyclic) bond motifs is 1. The highest BCUT2D eigenvalue weighted by molar-refractivity contribution is 5.17. The Kier molecular flexibility index (Phi) is 1.97. The second kappa shape index (κ2) is 2.86. The number of nitrogens with zero attached hydrogens (tertiary/aromatic N) is 1. The minimum atomic E-state index is 0.339. The summed E-state index contributed by atoms with van der Waals surface area (Å²) in [6.45, 7) is 7.29. The molecule has 0 aliphatic carbocycles. The summed E-state index contributed by atoms with van der Waals surface area (Å²) in [5.74, 6) is 0. The second-order valence-electron chi connectivity index (χ2n) is 4.11. The van der Waals surface area contributed by atoms with E-state index in [-0.39, 0.29) is 0 Å². The van der Waals surface area contributed by atoms with Crippen molar-refractivity contribution in [3.8, 4) is 0 Å². The van der Waals surface area contributed by atoms with Crippen molar-refractivity contribution in [2.75, 3.05) is 26.8 Å². The lowest BCUT2D eigenvalue weighted by molar-refractivity contribution is 0.0656. The van der Waals surface area contributed by atoms with Crippen molar-refractivity contribution in [1.82, 2.24) is 4.90 Å². The van der Waals surface area contributed by atoms with Crippen LogP contribution in [-0.4, -0.2) is 37.2 Å². The van der Waals surface area contributed by atoms with Gasteiger partial charge in [0.2, 0.25) is 0 Å². The first-order valence-electron chi connectivity index (χ1n) is 4.67. The molecule has 2 aliphatic rings. The minimum absolute atomic E-state index is 0.339. The molecule has 0 aromatic heterocycles. The van der Waals surface area contributed by atoms with Gasteiger partial charge in [0, 0.05) is 19.2 Å². The van der Waals surface area contributed by atoms with Gasteiger partial charge in [-0.15, -0.1) is 0 Å². The van der Waals surface area contributed by atoms with E-state index in [0.29, 0.717) is 5.54 Å². The van der Waals surface area contributed by atoms with Gasteiger partial charge >= 0.3 is 0 Å². The van der Waals surface area contributed by atoms with Crippen molar-refractivity contribution in [2.24, 2.45) is 0 Å². The van der Waals surface area contributed by atoms with Gasteiger partial charge in [-0.3, -0.25) is 4.90 Å². The molecule has 0 saturated carbocycles. The maximum atomic E-state index is 5.30. The highest BCUT2D eigenvalue weighted by Gasteiger charge is 2.45. The number of rotatable bonds is 2. The molecular weight excluding hydrogens is 150 g/mol. The maximum absolute atomic E-state index is 5.30. The Balaban J connectivity index is 2.14. The molecular formula is C10H17NO. The molecule has 1 atom stereocenters. The van der Waals surface area contributed by atoms with Gasteiger partial charge in [0.15, 0.2) is 0 Å². The molecule has 2 aliphatic heterocycles. The molecule has 2 fully saturated rings. The molecule has 0 amide bonds. The Hall–Kier alpha value is -0.340. The normalized spacial score (nSPS) is 35.9. The summed E-state index contributed by atoms with van der Waals surface area (Å²) >= 11 is 0. The third-order valence-electron chi connectivity index (χ3n) is 3.15. The third kappa shape index (κ3) is 1.10. The minimum Gasteiger partial charge on any atom is -0.383 e. The maximum Gasteiger partial charge on any atom is 0.0649 e. The predicted octanol–water partition coefficient (Wildman–Crippen LogP) is 1.43. The molecule has 0 bridgehead atoms. The molecule has 12 heavy (non-hydrogen) atoms. The Bertz CT molecular complexity index is 202. The quantitative estimate of drug-likeness (QED) is 0.577. The van der Waals surface area contributed by atoms with Crippen LogP contribution in [0, 0.1) is 0 Å². The first-order chi connectivity index (χ1) is 5.77. The lowest BCUT2D eigenvalue weighted by Crippen LogP contribution is -2.42. The van der Waals surface area contributed by atoms with Crippen molar-refractivity contribution in [3.05, 3.63) is 12.2 Å². The Labute approximate surface area is 74.2 Å². The van der Waals surface area contributed by atoms with E-state index in [2.05, 4.69) is 11.5 Å². The van der Waals surface area contributed by atoms with Crippen LogP contribution >= 0.6 is 0 Å². The molecule has 2 saturated heterocycles. The van der Waals surface area contributed by atoms with E-state index in [4.69, 9.17) is 4.74 Å². The zero-order valence-corrected chi connectivity index (χ0v) is 7.81. The van der Waals surface area contributed by atoms with Gasteiger partial charge in [0.25, 0.3) is 0 Å². The van der Waals surface area contributed by atoms with Crippen LogP contribution in [0.5, 0.6) is 0 Å². The van der Waals surface area contributed by atoms with Gasteiger partial charge in [0.1, 0.15) is 0 Å². The average Bonchev–Trinajstić information content (AvgIpc) is 2.44. The van der Waals surface area contributed by atoms with Crippen molar-refractivity contribution in [1.29, 1.82) is 0 Å². The van der Waals surface area contributed by atoms with Crippen molar-refractivity contribution in [3.63, 3.8) is 0 Å². The number of hydrogen-bond donors (Lipinski definition) is 0. The van der Waals surface area contributed by atoms with Gasteiger partial charge in [-0.1, -0.05) is 12.2 Å². The summed E-state index contributed by atoms with van der Waals surface area (Å²) in [6.07, 6.45) is 3.78. The molecule has 2 heterocycles. The van der Waals surface area contributed by atoms with Crippen molar-refractivity contribution >= 4 is 0 Å².